The molecule has 0 radical (unpaired) electrons. The number of nitrogens with zero attached hydrogens (tertiary/aromatic N) is 4. The van der Waals surface area contributed by atoms with E-state index in [1.54, 1.807) is 0 Å². The summed E-state index contributed by atoms with van der Waals surface area (Å²) in [5, 5.41) is 8.36. The van der Waals surface area contributed by atoms with Crippen molar-refractivity contribution in [2.75, 3.05) is 19.7 Å². The first-order chi connectivity index (χ1) is 10.1. The molecule has 0 spiro atoms. The van der Waals surface area contributed by atoms with Crippen LogP contribution in [-0.4, -0.2) is 39.4 Å². The molecule has 0 atom stereocenters. The average molecular weight is 286 g/mol. The van der Waals surface area contributed by atoms with Crippen LogP contribution < -0.4 is 4.74 Å². The Labute approximate surface area is 125 Å². The van der Waals surface area contributed by atoms with Gasteiger partial charge < -0.3 is 9.30 Å². The van der Waals surface area contributed by atoms with Gasteiger partial charge in [-0.15, -0.1) is 10.2 Å². The fraction of sp³-hybridized carbons (Fsp3) is 0.500. The predicted molar refractivity (Wildman–Crippen MR) is 81.4 cm³/mol. The largest absolute Gasteiger partial charge is 0.492 e. The Hall–Kier alpha value is -1.88. The fourth-order valence-corrected chi connectivity index (χ4v) is 2.85. The molecule has 112 valence electrons. The Bertz CT molecular complexity index is 615. The molecule has 0 bridgehead atoms. The van der Waals surface area contributed by atoms with Crippen LogP contribution in [0.3, 0.4) is 0 Å². The molecular weight excluding hydrogens is 264 g/mol. The fourth-order valence-electron chi connectivity index (χ4n) is 2.85. The summed E-state index contributed by atoms with van der Waals surface area (Å²) in [6.45, 7) is 10.7. The van der Waals surface area contributed by atoms with Crippen LogP contribution in [0.4, 0.5) is 0 Å². The Morgan fingerprint density at radius 3 is 2.57 bits per heavy atom. The van der Waals surface area contributed by atoms with Crippen LogP contribution in [0.1, 0.15) is 22.8 Å². The molecule has 1 aliphatic rings. The number of fused-ring (bicyclic) bond motifs is 1. The van der Waals surface area contributed by atoms with E-state index in [4.69, 9.17) is 4.74 Å². The minimum Gasteiger partial charge on any atom is -0.492 e. The van der Waals surface area contributed by atoms with Gasteiger partial charge in [0.25, 0.3) is 0 Å². The van der Waals surface area contributed by atoms with Crippen molar-refractivity contribution in [2.45, 2.75) is 33.9 Å². The summed E-state index contributed by atoms with van der Waals surface area (Å²) >= 11 is 0. The van der Waals surface area contributed by atoms with E-state index in [2.05, 4.69) is 51.7 Å². The van der Waals surface area contributed by atoms with Crippen molar-refractivity contribution < 1.29 is 4.74 Å². The average Bonchev–Trinajstić information content (AvgIpc) is 2.79. The first-order valence-electron chi connectivity index (χ1n) is 7.44. The van der Waals surface area contributed by atoms with E-state index in [9.17, 15) is 0 Å². The number of benzene rings is 1. The Kier molecular flexibility index (Phi) is 3.92. The number of rotatable bonds is 4. The number of hydrogen-bond acceptors (Lipinski definition) is 4. The molecular formula is C16H22N4O. The van der Waals surface area contributed by atoms with Gasteiger partial charge in [0.15, 0.2) is 0 Å². The molecule has 1 aromatic heterocycles. The van der Waals surface area contributed by atoms with Crippen LogP contribution in [0.15, 0.2) is 18.2 Å². The zero-order valence-electron chi connectivity index (χ0n) is 13.0. The second-order valence-electron chi connectivity index (χ2n) is 5.76. The minimum absolute atomic E-state index is 0.704. The van der Waals surface area contributed by atoms with Crippen molar-refractivity contribution in [1.82, 2.24) is 19.7 Å². The molecule has 0 N–H and O–H groups in total. The van der Waals surface area contributed by atoms with E-state index >= 15 is 0 Å². The standard InChI is InChI=1S/C16H22N4O/c1-12-8-13(2)10-15(9-12)21-7-6-19-4-5-20-14(3)17-18-16(20)11-19/h8-10H,4-7,11H2,1-3H3. The van der Waals surface area contributed by atoms with Crippen molar-refractivity contribution in [3.05, 3.63) is 41.0 Å². The quantitative estimate of drug-likeness (QED) is 0.863. The van der Waals surface area contributed by atoms with E-state index < -0.39 is 0 Å². The van der Waals surface area contributed by atoms with Gasteiger partial charge in [-0.1, -0.05) is 6.07 Å². The van der Waals surface area contributed by atoms with Crippen LogP contribution in [-0.2, 0) is 13.1 Å². The Morgan fingerprint density at radius 2 is 1.81 bits per heavy atom. The summed E-state index contributed by atoms with van der Waals surface area (Å²) in [6, 6.07) is 6.33. The lowest BCUT2D eigenvalue weighted by Crippen LogP contribution is -2.36. The lowest BCUT2D eigenvalue weighted by atomic mass is 10.1. The first-order valence-corrected chi connectivity index (χ1v) is 7.44. The summed E-state index contributed by atoms with van der Waals surface area (Å²) in [6.07, 6.45) is 0. The van der Waals surface area contributed by atoms with E-state index in [-0.39, 0.29) is 0 Å². The molecule has 0 saturated carbocycles. The molecule has 0 aliphatic carbocycles. The topological polar surface area (TPSA) is 43.2 Å². The molecule has 0 saturated heterocycles. The summed E-state index contributed by atoms with van der Waals surface area (Å²) < 4.78 is 8.07. The molecule has 5 nitrogen and oxygen atoms in total. The molecule has 0 fully saturated rings. The highest BCUT2D eigenvalue weighted by Gasteiger charge is 2.19. The third kappa shape index (κ3) is 3.24. The van der Waals surface area contributed by atoms with Crippen molar-refractivity contribution in [3.8, 4) is 5.75 Å². The molecule has 21 heavy (non-hydrogen) atoms. The SMILES string of the molecule is Cc1cc(C)cc(OCCN2CCn3c(C)nnc3C2)c1. The molecule has 2 heterocycles. The normalized spacial score (nSPS) is 15.0. The Balaban J connectivity index is 1.52. The van der Waals surface area contributed by atoms with Gasteiger partial charge in [0.1, 0.15) is 24.0 Å². The van der Waals surface area contributed by atoms with Crippen LogP contribution in [0.5, 0.6) is 5.75 Å². The highest BCUT2D eigenvalue weighted by Crippen LogP contribution is 2.16. The van der Waals surface area contributed by atoms with Crippen molar-refractivity contribution >= 4 is 0 Å². The zero-order chi connectivity index (χ0) is 14.8. The predicted octanol–water partition coefficient (Wildman–Crippen LogP) is 2.10. The second kappa shape index (κ2) is 5.85. The molecule has 2 aromatic rings. The maximum Gasteiger partial charge on any atom is 0.147 e. The van der Waals surface area contributed by atoms with Crippen molar-refractivity contribution in [2.24, 2.45) is 0 Å². The molecule has 0 amide bonds. The third-order valence-electron chi connectivity index (χ3n) is 3.89. The van der Waals surface area contributed by atoms with Crippen LogP contribution in [0.25, 0.3) is 0 Å². The number of ether oxygens (including phenoxy) is 1. The summed E-state index contributed by atoms with van der Waals surface area (Å²) in [5.74, 6) is 3.03. The van der Waals surface area contributed by atoms with Crippen LogP contribution in [0.2, 0.25) is 0 Å². The summed E-state index contributed by atoms with van der Waals surface area (Å²) in [7, 11) is 0. The van der Waals surface area contributed by atoms with Gasteiger partial charge >= 0.3 is 0 Å². The third-order valence-corrected chi connectivity index (χ3v) is 3.89. The van der Waals surface area contributed by atoms with E-state index in [1.165, 1.54) is 11.1 Å². The van der Waals surface area contributed by atoms with Gasteiger partial charge in [-0.2, -0.15) is 0 Å². The van der Waals surface area contributed by atoms with E-state index in [0.717, 1.165) is 43.6 Å². The number of hydrogen-bond donors (Lipinski definition) is 0. The van der Waals surface area contributed by atoms with Gasteiger partial charge in [-0.25, -0.2) is 0 Å². The highest BCUT2D eigenvalue weighted by atomic mass is 16.5. The van der Waals surface area contributed by atoms with E-state index in [0.29, 0.717) is 6.61 Å². The summed E-state index contributed by atoms with van der Waals surface area (Å²) in [4.78, 5) is 2.37. The highest BCUT2D eigenvalue weighted by molar-refractivity contribution is 5.32. The van der Waals surface area contributed by atoms with E-state index in [1.807, 2.05) is 6.92 Å². The molecule has 3 rings (SSSR count). The maximum atomic E-state index is 5.88. The molecule has 5 heteroatoms. The second-order valence-corrected chi connectivity index (χ2v) is 5.76. The lowest BCUT2D eigenvalue weighted by Gasteiger charge is -2.27. The smallest absolute Gasteiger partial charge is 0.147 e. The zero-order valence-corrected chi connectivity index (χ0v) is 13.0. The molecule has 1 aromatic carbocycles. The summed E-state index contributed by atoms with van der Waals surface area (Å²) in [5.41, 5.74) is 2.48. The number of aromatic nitrogens is 3. The minimum atomic E-state index is 0.704. The first kappa shape index (κ1) is 14.1. The van der Waals surface area contributed by atoms with Gasteiger partial charge in [0.2, 0.25) is 0 Å². The van der Waals surface area contributed by atoms with Crippen LogP contribution in [0, 0.1) is 20.8 Å². The van der Waals surface area contributed by atoms with Gasteiger partial charge in [-0.3, -0.25) is 4.90 Å². The van der Waals surface area contributed by atoms with Crippen LogP contribution >= 0.6 is 0 Å². The van der Waals surface area contributed by atoms with Gasteiger partial charge in [0, 0.05) is 19.6 Å². The van der Waals surface area contributed by atoms with Gasteiger partial charge in [-0.05, 0) is 44.0 Å². The van der Waals surface area contributed by atoms with Gasteiger partial charge in [0.05, 0.1) is 6.54 Å². The maximum absolute atomic E-state index is 5.88. The Morgan fingerprint density at radius 1 is 1.05 bits per heavy atom. The number of aryl methyl sites for hydroxylation is 3. The van der Waals surface area contributed by atoms with Crippen molar-refractivity contribution in [3.63, 3.8) is 0 Å². The molecule has 0 unspecified atom stereocenters. The lowest BCUT2D eigenvalue weighted by molar-refractivity contribution is 0.174. The molecule has 1 aliphatic heterocycles. The van der Waals surface area contributed by atoms with Crippen molar-refractivity contribution in [1.29, 1.82) is 0 Å². The monoisotopic (exact) mass is 286 g/mol.